The summed E-state index contributed by atoms with van der Waals surface area (Å²) < 4.78 is 5.45. The fourth-order valence-electron chi connectivity index (χ4n) is 1.48. The largest absolute Gasteiger partial charge is 0.493 e. The van der Waals surface area contributed by atoms with E-state index in [0.29, 0.717) is 6.61 Å². The van der Waals surface area contributed by atoms with Gasteiger partial charge in [-0.2, -0.15) is 0 Å². The quantitative estimate of drug-likeness (QED) is 0.618. The summed E-state index contributed by atoms with van der Waals surface area (Å²) in [6.45, 7) is 7.87. The first-order valence-corrected chi connectivity index (χ1v) is 6.28. The van der Waals surface area contributed by atoms with Gasteiger partial charge in [0.2, 0.25) is 0 Å². The maximum atomic E-state index is 9.75. The van der Waals surface area contributed by atoms with E-state index < -0.39 is 7.12 Å². The van der Waals surface area contributed by atoms with Gasteiger partial charge in [0.25, 0.3) is 0 Å². The summed E-state index contributed by atoms with van der Waals surface area (Å²) in [7, 11) is -1.17. The Morgan fingerprint density at radius 3 is 2.28 bits per heavy atom. The Hall–Kier alpha value is -1.04. The molecule has 0 unspecified atom stereocenters. The number of hydrogen-bond acceptors (Lipinski definition) is 4. The molecule has 0 saturated heterocycles. The summed E-state index contributed by atoms with van der Waals surface area (Å²) in [5, 5.41) is 25.0. The minimum Gasteiger partial charge on any atom is -0.493 e. The minimum atomic E-state index is -1.17. The van der Waals surface area contributed by atoms with Gasteiger partial charge in [0.15, 0.2) is 0 Å². The third-order valence-electron chi connectivity index (χ3n) is 2.28. The second-order valence-electron chi connectivity index (χ2n) is 3.90. The first-order chi connectivity index (χ1) is 8.52. The Morgan fingerprint density at radius 2 is 1.72 bits per heavy atom. The molecule has 2 atom stereocenters. The molecule has 18 heavy (non-hydrogen) atoms. The number of aliphatic hydroxyl groups excluding tert-OH is 1. The van der Waals surface area contributed by atoms with Crippen LogP contribution in [-0.4, -0.2) is 28.9 Å². The molecule has 5 heteroatoms. The van der Waals surface area contributed by atoms with Crippen molar-refractivity contribution in [3.05, 3.63) is 29.8 Å². The highest BCUT2D eigenvalue weighted by Crippen LogP contribution is 2.34. The van der Waals surface area contributed by atoms with E-state index in [4.69, 9.17) is 14.8 Å². The lowest BCUT2D eigenvalue weighted by molar-refractivity contribution is 0.0604. The van der Waals surface area contributed by atoms with Crippen molar-refractivity contribution in [2.24, 2.45) is 5.92 Å². The highest BCUT2D eigenvalue weighted by atomic mass is 16.5. The van der Waals surface area contributed by atoms with Crippen LogP contribution in [0.25, 0.3) is 0 Å². The lowest BCUT2D eigenvalue weighted by Crippen LogP contribution is -2.23. The zero-order chi connectivity index (χ0) is 14.1. The number of benzene rings is 1. The van der Waals surface area contributed by atoms with E-state index >= 15 is 0 Å². The summed E-state index contributed by atoms with van der Waals surface area (Å²) in [6, 6.07) is 7.64. The van der Waals surface area contributed by atoms with Crippen molar-refractivity contribution >= 4 is 7.12 Å². The van der Waals surface area contributed by atoms with Gasteiger partial charge >= 0.3 is 7.12 Å². The van der Waals surface area contributed by atoms with Crippen molar-refractivity contribution in [3.63, 3.8) is 0 Å². The van der Waals surface area contributed by atoms with E-state index in [0.717, 1.165) is 11.3 Å². The van der Waals surface area contributed by atoms with Crippen LogP contribution in [0.4, 0.5) is 0 Å². The van der Waals surface area contributed by atoms with Crippen molar-refractivity contribution < 1.29 is 19.9 Å². The van der Waals surface area contributed by atoms with Crippen LogP contribution in [0.1, 0.15) is 32.4 Å². The normalized spacial score (nSPS) is 20.2. The fourth-order valence-corrected chi connectivity index (χ4v) is 1.48. The monoisotopic (exact) mass is 254 g/mol. The van der Waals surface area contributed by atoms with Crippen molar-refractivity contribution in [3.8, 4) is 5.75 Å². The van der Waals surface area contributed by atoms with Crippen LogP contribution in [0.3, 0.4) is 0 Å². The highest BCUT2D eigenvalue weighted by Gasteiger charge is 2.24. The number of hydrogen-bond donors (Lipinski definition) is 3. The molecule has 2 rings (SSSR count). The zero-order valence-corrected chi connectivity index (χ0v) is 11.5. The van der Waals surface area contributed by atoms with E-state index in [1.165, 1.54) is 6.82 Å². The van der Waals surface area contributed by atoms with Crippen molar-refractivity contribution in [2.45, 2.75) is 33.7 Å². The summed E-state index contributed by atoms with van der Waals surface area (Å²) in [4.78, 5) is 0. The van der Waals surface area contributed by atoms with Gasteiger partial charge in [0.1, 0.15) is 5.75 Å². The van der Waals surface area contributed by atoms with Crippen LogP contribution >= 0.6 is 0 Å². The predicted octanol–water partition coefficient (Wildman–Crippen LogP) is 1.86. The molecule has 0 bridgehead atoms. The number of aliphatic hydroxyl groups is 1. The Bertz CT molecular complexity index is 328. The van der Waals surface area contributed by atoms with Crippen LogP contribution in [0.5, 0.6) is 5.75 Å². The summed E-state index contributed by atoms with van der Waals surface area (Å²) in [6.07, 6.45) is -0.366. The van der Waals surface area contributed by atoms with Crippen LogP contribution < -0.4 is 4.74 Å². The van der Waals surface area contributed by atoms with E-state index in [9.17, 15) is 5.11 Å². The summed E-state index contributed by atoms with van der Waals surface area (Å²) in [5.41, 5.74) is 0.913. The third-order valence-corrected chi connectivity index (χ3v) is 2.28. The van der Waals surface area contributed by atoms with Gasteiger partial charge < -0.3 is 19.9 Å². The van der Waals surface area contributed by atoms with Crippen molar-refractivity contribution in [2.75, 3.05) is 6.61 Å². The molecule has 0 spiro atoms. The number of fused-ring (bicyclic) bond motifs is 1. The van der Waals surface area contributed by atoms with Crippen molar-refractivity contribution in [1.29, 1.82) is 0 Å². The average molecular weight is 254 g/mol. The maximum Gasteiger partial charge on any atom is 0.448 e. The molecule has 1 aromatic rings. The van der Waals surface area contributed by atoms with E-state index in [-0.39, 0.29) is 12.0 Å². The van der Waals surface area contributed by atoms with Gasteiger partial charge in [-0.1, -0.05) is 39.0 Å². The zero-order valence-electron chi connectivity index (χ0n) is 11.5. The molecule has 0 aromatic heterocycles. The first-order valence-electron chi connectivity index (χ1n) is 6.28. The molecule has 0 aliphatic carbocycles. The topological polar surface area (TPSA) is 69.9 Å². The van der Waals surface area contributed by atoms with Gasteiger partial charge in [-0.05, 0) is 12.9 Å². The van der Waals surface area contributed by atoms with E-state index in [2.05, 4.69) is 0 Å². The van der Waals surface area contributed by atoms with E-state index in [1.54, 1.807) is 0 Å². The van der Waals surface area contributed by atoms with Crippen LogP contribution in [0.2, 0.25) is 6.82 Å². The van der Waals surface area contributed by atoms with Crippen LogP contribution in [0, 0.1) is 5.92 Å². The number of ether oxygens (including phenoxy) is 1. The molecule has 4 nitrogen and oxygen atoms in total. The maximum absolute atomic E-state index is 9.75. The second-order valence-corrected chi connectivity index (χ2v) is 3.90. The van der Waals surface area contributed by atoms with Gasteiger partial charge in [0, 0.05) is 11.5 Å². The Labute approximate surface area is 109 Å². The van der Waals surface area contributed by atoms with Crippen molar-refractivity contribution in [1.82, 2.24) is 0 Å². The third kappa shape index (κ3) is 5.53. The summed E-state index contributed by atoms with van der Waals surface area (Å²) >= 11 is 0. The average Bonchev–Trinajstić information content (AvgIpc) is 2.36. The van der Waals surface area contributed by atoms with E-state index in [1.807, 2.05) is 45.0 Å². The Morgan fingerprint density at radius 1 is 1.22 bits per heavy atom. The SMILES string of the molecule is CB(O)O.CC.C[C@H]1COc2ccccc2[C@@H]1O. The first kappa shape index (κ1) is 17.0. The number of para-hydroxylation sites is 1. The molecule has 102 valence electrons. The molecule has 0 fully saturated rings. The second kappa shape index (κ2) is 8.97. The molecule has 1 aliphatic rings. The Balaban J connectivity index is 0.000000415. The van der Waals surface area contributed by atoms with Gasteiger partial charge in [-0.3, -0.25) is 0 Å². The molecular weight excluding hydrogens is 231 g/mol. The lowest BCUT2D eigenvalue weighted by Gasteiger charge is -2.27. The standard InChI is InChI=1S/C10H12O2.C2H6.CH5BO2/c1-7-6-12-9-5-3-2-4-8(9)10(7)11;1-2;1-2(3)4/h2-5,7,10-11H,6H2,1H3;1-2H3;3-4H,1H3/t7-,10+;;/m0../s1. The molecular formula is C13H23BO4. The van der Waals surface area contributed by atoms with Gasteiger partial charge in [0.05, 0.1) is 12.7 Å². The Kier molecular flexibility index (Phi) is 8.45. The van der Waals surface area contributed by atoms with Gasteiger partial charge in [-0.15, -0.1) is 0 Å². The highest BCUT2D eigenvalue weighted by molar-refractivity contribution is 6.38. The number of rotatable bonds is 0. The molecule has 1 aliphatic heterocycles. The smallest absolute Gasteiger partial charge is 0.448 e. The van der Waals surface area contributed by atoms with Crippen LogP contribution in [-0.2, 0) is 0 Å². The molecule has 0 amide bonds. The molecule has 1 aromatic carbocycles. The lowest BCUT2D eigenvalue weighted by atomic mass is 9.95. The predicted molar refractivity (Wildman–Crippen MR) is 73.5 cm³/mol. The van der Waals surface area contributed by atoms with Crippen LogP contribution in [0.15, 0.2) is 24.3 Å². The molecule has 3 N–H and O–H groups in total. The minimum absolute atomic E-state index is 0.194. The molecule has 1 heterocycles. The van der Waals surface area contributed by atoms with Gasteiger partial charge in [-0.25, -0.2) is 0 Å². The summed E-state index contributed by atoms with van der Waals surface area (Å²) in [5.74, 6) is 1.02. The molecule has 0 saturated carbocycles. The fraction of sp³-hybridized carbons (Fsp3) is 0.538. The molecule has 0 radical (unpaired) electrons.